The molecule has 0 saturated heterocycles. The highest BCUT2D eigenvalue weighted by molar-refractivity contribution is 7.03. The third kappa shape index (κ3) is 2.13. The lowest BCUT2D eigenvalue weighted by Gasteiger charge is -2.02. The molecule has 14 heavy (non-hydrogen) atoms. The zero-order valence-electron chi connectivity index (χ0n) is 7.21. The van der Waals surface area contributed by atoms with E-state index in [9.17, 15) is 0 Å². The molecule has 0 aliphatic rings. The molecular weight excluding hydrogens is 200 g/mol. The van der Waals surface area contributed by atoms with Crippen LogP contribution in [0.5, 0.6) is 0 Å². The fourth-order valence-corrected chi connectivity index (χ4v) is 1.36. The predicted octanol–water partition coefficient (Wildman–Crippen LogP) is 0.522. The fourth-order valence-electron chi connectivity index (χ4n) is 0.908. The number of nitrogen functional groups attached to an aromatic ring is 1. The van der Waals surface area contributed by atoms with Crippen molar-refractivity contribution < 1.29 is 0 Å². The maximum Gasteiger partial charge on any atom is 0.147 e. The van der Waals surface area contributed by atoms with E-state index < -0.39 is 0 Å². The van der Waals surface area contributed by atoms with E-state index in [-0.39, 0.29) is 0 Å². The van der Waals surface area contributed by atoms with Crippen LogP contribution in [0.1, 0.15) is 5.69 Å². The van der Waals surface area contributed by atoms with Crippen LogP contribution in [0.2, 0.25) is 0 Å². The van der Waals surface area contributed by atoms with Crippen molar-refractivity contribution in [2.24, 2.45) is 0 Å². The molecule has 2 aromatic heterocycles. The molecule has 0 amide bonds. The third-order valence-corrected chi connectivity index (χ3v) is 2.06. The lowest BCUT2D eigenvalue weighted by Crippen LogP contribution is -2.03. The van der Waals surface area contributed by atoms with Gasteiger partial charge in [-0.15, -0.1) is 5.10 Å². The Kier molecular flexibility index (Phi) is 2.50. The van der Waals surface area contributed by atoms with E-state index in [4.69, 9.17) is 5.73 Å². The van der Waals surface area contributed by atoms with E-state index in [1.807, 2.05) is 5.38 Å². The molecule has 0 fully saturated rings. The first kappa shape index (κ1) is 8.82. The molecule has 0 radical (unpaired) electrons. The highest BCUT2D eigenvalue weighted by Crippen LogP contribution is 2.05. The average molecular weight is 208 g/mol. The van der Waals surface area contributed by atoms with Crippen LogP contribution in [0.15, 0.2) is 17.8 Å². The van der Waals surface area contributed by atoms with Crippen LogP contribution in [0, 0.1) is 0 Å². The van der Waals surface area contributed by atoms with Crippen LogP contribution in [-0.4, -0.2) is 19.6 Å². The summed E-state index contributed by atoms with van der Waals surface area (Å²) < 4.78 is 3.74. The molecule has 2 rings (SSSR count). The van der Waals surface area contributed by atoms with Crippen molar-refractivity contribution in [1.29, 1.82) is 0 Å². The molecule has 7 heteroatoms. The molecule has 3 N–H and O–H groups in total. The fraction of sp³-hybridized carbons (Fsp3) is 0.143. The summed E-state index contributed by atoms with van der Waals surface area (Å²) in [6.07, 6.45) is 3.10. The van der Waals surface area contributed by atoms with Crippen molar-refractivity contribution in [3.8, 4) is 0 Å². The van der Waals surface area contributed by atoms with Crippen molar-refractivity contribution in [3.05, 3.63) is 23.5 Å². The number of anilines is 2. The third-order valence-electron chi connectivity index (χ3n) is 1.51. The molecule has 72 valence electrons. The van der Waals surface area contributed by atoms with Gasteiger partial charge in [0.15, 0.2) is 0 Å². The Morgan fingerprint density at radius 3 is 3.07 bits per heavy atom. The van der Waals surface area contributed by atoms with Crippen molar-refractivity contribution in [3.63, 3.8) is 0 Å². The summed E-state index contributed by atoms with van der Waals surface area (Å²) in [6, 6.07) is 0. The normalized spacial score (nSPS) is 10.0. The monoisotopic (exact) mass is 208 g/mol. The smallest absolute Gasteiger partial charge is 0.147 e. The van der Waals surface area contributed by atoms with Crippen LogP contribution in [0.3, 0.4) is 0 Å². The Morgan fingerprint density at radius 1 is 1.43 bits per heavy atom. The molecule has 0 bridgehead atoms. The van der Waals surface area contributed by atoms with E-state index in [2.05, 4.69) is 24.9 Å². The van der Waals surface area contributed by atoms with Gasteiger partial charge in [0.1, 0.15) is 11.6 Å². The van der Waals surface area contributed by atoms with Crippen molar-refractivity contribution in [2.45, 2.75) is 6.54 Å². The largest absolute Gasteiger partial charge is 0.382 e. The molecule has 0 aliphatic heterocycles. The summed E-state index contributed by atoms with van der Waals surface area (Å²) in [6.45, 7) is 0.578. The Bertz CT molecular complexity index is 400. The molecule has 6 nitrogen and oxygen atoms in total. The minimum atomic E-state index is 0.395. The summed E-state index contributed by atoms with van der Waals surface area (Å²) in [4.78, 5) is 7.93. The lowest BCUT2D eigenvalue weighted by atomic mass is 10.5. The van der Waals surface area contributed by atoms with Gasteiger partial charge in [-0.25, -0.2) is 4.98 Å². The van der Waals surface area contributed by atoms with Gasteiger partial charge >= 0.3 is 0 Å². The summed E-state index contributed by atoms with van der Waals surface area (Å²) in [7, 11) is 0. The quantitative estimate of drug-likeness (QED) is 0.764. The van der Waals surface area contributed by atoms with Gasteiger partial charge in [0, 0.05) is 5.38 Å². The van der Waals surface area contributed by atoms with Gasteiger partial charge < -0.3 is 11.1 Å². The van der Waals surface area contributed by atoms with E-state index in [1.54, 1.807) is 6.20 Å². The first-order valence-electron chi connectivity index (χ1n) is 3.92. The van der Waals surface area contributed by atoms with Crippen molar-refractivity contribution >= 4 is 23.2 Å². The Morgan fingerprint density at radius 2 is 2.36 bits per heavy atom. The zero-order chi connectivity index (χ0) is 9.80. The molecule has 0 aromatic carbocycles. The molecule has 2 heterocycles. The SMILES string of the molecule is Nc1cncc(NCc2csnn2)n1. The second-order valence-corrected chi connectivity index (χ2v) is 3.19. The number of nitrogens with one attached hydrogen (secondary N) is 1. The van der Waals surface area contributed by atoms with Crippen LogP contribution >= 0.6 is 11.5 Å². The number of aromatic nitrogens is 4. The van der Waals surface area contributed by atoms with Gasteiger partial charge in [-0.1, -0.05) is 4.49 Å². The minimum absolute atomic E-state index is 0.395. The van der Waals surface area contributed by atoms with Gasteiger partial charge in [-0.2, -0.15) is 0 Å². The van der Waals surface area contributed by atoms with Gasteiger partial charge in [-0.3, -0.25) is 4.98 Å². The number of hydrogen-bond acceptors (Lipinski definition) is 7. The Labute approximate surface area is 84.4 Å². The highest BCUT2D eigenvalue weighted by Gasteiger charge is 1.98. The summed E-state index contributed by atoms with van der Waals surface area (Å²) in [5, 5.41) is 8.79. The number of nitrogens with zero attached hydrogens (tertiary/aromatic N) is 4. The number of rotatable bonds is 3. The standard InChI is InChI=1S/C7H8N6S/c8-6-2-9-3-7(11-6)10-1-5-4-14-13-12-5/h2-4H,1H2,(H3,8,10,11). The topological polar surface area (TPSA) is 89.6 Å². The Balaban J connectivity index is 1.98. The first-order chi connectivity index (χ1) is 6.84. The summed E-state index contributed by atoms with van der Waals surface area (Å²) in [5.41, 5.74) is 6.34. The van der Waals surface area contributed by atoms with Gasteiger partial charge in [-0.05, 0) is 11.5 Å². The lowest BCUT2D eigenvalue weighted by molar-refractivity contribution is 0.986. The number of hydrogen-bond donors (Lipinski definition) is 2. The second-order valence-electron chi connectivity index (χ2n) is 2.58. The maximum absolute atomic E-state index is 5.47. The van der Waals surface area contributed by atoms with Crippen molar-refractivity contribution in [2.75, 3.05) is 11.1 Å². The average Bonchev–Trinajstić information content (AvgIpc) is 2.67. The minimum Gasteiger partial charge on any atom is -0.382 e. The number of nitrogens with two attached hydrogens (primary N) is 1. The van der Waals surface area contributed by atoms with Crippen LogP contribution < -0.4 is 11.1 Å². The van der Waals surface area contributed by atoms with Crippen LogP contribution in [0.25, 0.3) is 0 Å². The van der Waals surface area contributed by atoms with E-state index in [0.29, 0.717) is 18.2 Å². The molecule has 2 aromatic rings. The highest BCUT2D eigenvalue weighted by atomic mass is 32.1. The van der Waals surface area contributed by atoms with Crippen LogP contribution in [0.4, 0.5) is 11.6 Å². The molecule has 0 aliphatic carbocycles. The predicted molar refractivity (Wildman–Crippen MR) is 53.7 cm³/mol. The van der Waals surface area contributed by atoms with Crippen molar-refractivity contribution in [1.82, 2.24) is 19.6 Å². The van der Waals surface area contributed by atoms with Gasteiger partial charge in [0.05, 0.1) is 24.6 Å². The summed E-state index contributed by atoms with van der Waals surface area (Å²) >= 11 is 1.32. The Hall–Kier alpha value is -1.76. The second kappa shape index (κ2) is 3.97. The molecule has 0 spiro atoms. The van der Waals surface area contributed by atoms with Gasteiger partial charge in [0.2, 0.25) is 0 Å². The van der Waals surface area contributed by atoms with E-state index >= 15 is 0 Å². The molecule has 0 unspecified atom stereocenters. The van der Waals surface area contributed by atoms with Gasteiger partial charge in [0.25, 0.3) is 0 Å². The molecular formula is C7H8N6S. The maximum atomic E-state index is 5.47. The summed E-state index contributed by atoms with van der Waals surface area (Å²) in [5.74, 6) is 1.03. The first-order valence-corrected chi connectivity index (χ1v) is 4.75. The zero-order valence-corrected chi connectivity index (χ0v) is 8.03. The van der Waals surface area contributed by atoms with Crippen LogP contribution in [-0.2, 0) is 6.54 Å². The molecule has 0 atom stereocenters. The van der Waals surface area contributed by atoms with E-state index in [1.165, 1.54) is 17.7 Å². The molecule has 0 saturated carbocycles. The van der Waals surface area contributed by atoms with E-state index in [0.717, 1.165) is 5.69 Å².